The molecule has 0 aromatic heterocycles. The second-order valence-electron chi connectivity index (χ2n) is 8.91. The Morgan fingerprint density at radius 1 is 1.06 bits per heavy atom. The van der Waals surface area contributed by atoms with Crippen molar-refractivity contribution in [2.45, 2.75) is 32.7 Å². The third kappa shape index (κ3) is 8.29. The summed E-state index contributed by atoms with van der Waals surface area (Å²) in [7, 11) is 3.52. The van der Waals surface area contributed by atoms with Gasteiger partial charge in [0.15, 0.2) is 5.96 Å². The van der Waals surface area contributed by atoms with Crippen LogP contribution in [-0.4, -0.2) is 101 Å². The van der Waals surface area contributed by atoms with Crippen molar-refractivity contribution < 1.29 is 4.79 Å². The van der Waals surface area contributed by atoms with E-state index in [1.807, 2.05) is 7.05 Å². The lowest BCUT2D eigenvalue weighted by atomic mass is 10.1. The van der Waals surface area contributed by atoms with Gasteiger partial charge in [0, 0.05) is 78.2 Å². The third-order valence-corrected chi connectivity index (χ3v) is 6.81. The molecule has 0 bridgehead atoms. The smallest absolute Gasteiger partial charge is 0.233 e. The molecule has 33 heavy (non-hydrogen) atoms. The maximum Gasteiger partial charge on any atom is 0.233 e. The average molecular weight is 572 g/mol. The molecule has 186 valence electrons. The van der Waals surface area contributed by atoms with Crippen molar-refractivity contribution in [3.63, 3.8) is 0 Å². The molecular formula is C24H42IN7O. The van der Waals surface area contributed by atoms with Crippen molar-refractivity contribution in [1.82, 2.24) is 25.8 Å². The first kappa shape index (κ1) is 27.7. The van der Waals surface area contributed by atoms with E-state index >= 15 is 0 Å². The number of benzene rings is 1. The highest BCUT2D eigenvalue weighted by Gasteiger charge is 2.22. The Balaban J connectivity index is 0.00000385. The maximum atomic E-state index is 11.5. The molecule has 3 N–H and O–H groups in total. The molecule has 1 aromatic rings. The average Bonchev–Trinajstić information content (AvgIpc) is 2.81. The summed E-state index contributed by atoms with van der Waals surface area (Å²) in [6.45, 7) is 13.0. The van der Waals surface area contributed by atoms with Gasteiger partial charge in [-0.3, -0.25) is 19.6 Å². The lowest BCUT2D eigenvalue weighted by molar-refractivity contribution is -0.122. The molecule has 2 aliphatic rings. The van der Waals surface area contributed by atoms with Gasteiger partial charge in [-0.15, -0.1) is 24.0 Å². The number of halogens is 1. The van der Waals surface area contributed by atoms with Crippen LogP contribution in [0.4, 0.5) is 5.69 Å². The number of hydrogen-bond acceptors (Lipinski definition) is 5. The van der Waals surface area contributed by atoms with Crippen LogP contribution in [0.25, 0.3) is 0 Å². The largest absolute Gasteiger partial charge is 0.369 e. The number of nitrogens with one attached hydrogen (secondary N) is 3. The fourth-order valence-electron chi connectivity index (χ4n) is 4.53. The molecule has 0 spiro atoms. The van der Waals surface area contributed by atoms with Gasteiger partial charge in [0.1, 0.15) is 0 Å². The summed E-state index contributed by atoms with van der Waals surface area (Å²) in [4.78, 5) is 23.2. The van der Waals surface area contributed by atoms with Crippen LogP contribution < -0.4 is 20.9 Å². The lowest BCUT2D eigenvalue weighted by Gasteiger charge is -2.37. The van der Waals surface area contributed by atoms with E-state index < -0.39 is 0 Å². The molecular weight excluding hydrogens is 529 g/mol. The molecule has 3 rings (SSSR count). The van der Waals surface area contributed by atoms with Crippen LogP contribution in [0.1, 0.15) is 24.0 Å². The number of guanidine groups is 1. The molecule has 0 unspecified atom stereocenters. The zero-order valence-electron chi connectivity index (χ0n) is 20.7. The van der Waals surface area contributed by atoms with Gasteiger partial charge in [-0.2, -0.15) is 0 Å². The van der Waals surface area contributed by atoms with E-state index in [1.165, 1.54) is 16.8 Å². The molecule has 0 aliphatic carbocycles. The summed E-state index contributed by atoms with van der Waals surface area (Å²) < 4.78 is 0. The third-order valence-electron chi connectivity index (χ3n) is 6.81. The number of amides is 1. The molecule has 1 aromatic carbocycles. The van der Waals surface area contributed by atoms with Crippen molar-refractivity contribution in [3.05, 3.63) is 29.3 Å². The second kappa shape index (κ2) is 14.0. The van der Waals surface area contributed by atoms with Gasteiger partial charge in [0.25, 0.3) is 0 Å². The molecule has 1 amide bonds. The summed E-state index contributed by atoms with van der Waals surface area (Å²) in [5, 5.41) is 9.74. The second-order valence-corrected chi connectivity index (χ2v) is 8.91. The van der Waals surface area contributed by atoms with E-state index in [0.717, 1.165) is 71.2 Å². The van der Waals surface area contributed by atoms with Crippen molar-refractivity contribution in [2.24, 2.45) is 4.99 Å². The zero-order valence-corrected chi connectivity index (χ0v) is 23.0. The molecule has 0 saturated carbocycles. The molecule has 8 nitrogen and oxygen atoms in total. The van der Waals surface area contributed by atoms with Gasteiger partial charge in [0.05, 0.1) is 6.54 Å². The lowest BCUT2D eigenvalue weighted by Crippen LogP contribution is -2.52. The first-order chi connectivity index (χ1) is 15.5. The molecule has 9 heteroatoms. The summed E-state index contributed by atoms with van der Waals surface area (Å²) >= 11 is 0. The monoisotopic (exact) mass is 571 g/mol. The highest BCUT2D eigenvalue weighted by Crippen LogP contribution is 2.23. The van der Waals surface area contributed by atoms with Crippen molar-refractivity contribution in [1.29, 1.82) is 0 Å². The Morgan fingerprint density at radius 2 is 1.76 bits per heavy atom. The minimum absolute atomic E-state index is 0. The molecule has 0 atom stereocenters. The van der Waals surface area contributed by atoms with Crippen LogP contribution in [-0.2, 0) is 4.79 Å². The number of carbonyl (C=O) groups is 1. The van der Waals surface area contributed by atoms with Gasteiger partial charge in [-0.05, 0) is 43.9 Å². The predicted octanol–water partition coefficient (Wildman–Crippen LogP) is 1.42. The number of aliphatic imine (C=N–C) groups is 1. The van der Waals surface area contributed by atoms with Gasteiger partial charge in [0.2, 0.25) is 5.91 Å². The molecule has 2 aliphatic heterocycles. The molecule has 2 saturated heterocycles. The maximum absolute atomic E-state index is 11.5. The van der Waals surface area contributed by atoms with Gasteiger partial charge in [-0.25, -0.2) is 0 Å². The number of piperazine rings is 1. The number of anilines is 1. The fraction of sp³-hybridized carbons (Fsp3) is 0.667. The van der Waals surface area contributed by atoms with E-state index in [-0.39, 0.29) is 29.9 Å². The fourth-order valence-corrected chi connectivity index (χ4v) is 4.53. The van der Waals surface area contributed by atoms with Crippen molar-refractivity contribution >= 4 is 41.5 Å². The van der Waals surface area contributed by atoms with Gasteiger partial charge in [-0.1, -0.05) is 12.1 Å². The molecule has 2 heterocycles. The Labute approximate surface area is 216 Å². The Morgan fingerprint density at radius 3 is 2.39 bits per heavy atom. The van der Waals surface area contributed by atoms with Crippen LogP contribution >= 0.6 is 24.0 Å². The number of likely N-dealkylation sites (N-methyl/N-ethyl adjacent to an activating group) is 1. The van der Waals surface area contributed by atoms with E-state index in [2.05, 4.69) is 67.7 Å². The highest BCUT2D eigenvalue weighted by atomic mass is 127. The number of carbonyl (C=O) groups excluding carboxylic acids is 1. The van der Waals surface area contributed by atoms with Gasteiger partial charge < -0.3 is 20.9 Å². The van der Waals surface area contributed by atoms with Crippen molar-refractivity contribution in [2.75, 3.05) is 77.9 Å². The number of nitrogens with zero attached hydrogens (tertiary/aromatic N) is 4. The first-order valence-electron chi connectivity index (χ1n) is 11.9. The Bertz CT molecular complexity index is 772. The molecule has 0 radical (unpaired) electrons. The topological polar surface area (TPSA) is 75.2 Å². The van der Waals surface area contributed by atoms with E-state index in [4.69, 9.17) is 0 Å². The number of rotatable bonds is 7. The quantitative estimate of drug-likeness (QED) is 0.261. The standard InChI is InChI=1S/C24H41N7O.HI/c1-19-6-5-7-22(20(19)2)31-16-14-29(15-17-31)13-10-27-24(26-4)28-21-8-11-30(12-9-21)18-23(32)25-3;/h5-7,21H,8-18H2,1-4H3,(H,25,32)(H2,26,27,28);1H. The van der Waals surface area contributed by atoms with E-state index in [9.17, 15) is 4.79 Å². The van der Waals surface area contributed by atoms with E-state index in [1.54, 1.807) is 7.05 Å². The minimum atomic E-state index is 0. The summed E-state index contributed by atoms with van der Waals surface area (Å²) in [5.41, 5.74) is 4.15. The summed E-state index contributed by atoms with van der Waals surface area (Å²) in [6, 6.07) is 7.01. The van der Waals surface area contributed by atoms with E-state index in [0.29, 0.717) is 12.6 Å². The minimum Gasteiger partial charge on any atom is -0.369 e. The van der Waals surface area contributed by atoms with Gasteiger partial charge >= 0.3 is 0 Å². The SMILES string of the molecule is CN=C(NCCN1CCN(c2cccc(C)c2C)CC1)NC1CCN(CC(=O)NC)CC1.I. The molecule has 2 fully saturated rings. The van der Waals surface area contributed by atoms with Crippen LogP contribution in [0, 0.1) is 13.8 Å². The van der Waals surface area contributed by atoms with Crippen LogP contribution in [0.5, 0.6) is 0 Å². The number of aryl methyl sites for hydroxylation is 1. The summed E-state index contributed by atoms with van der Waals surface area (Å²) in [5.74, 6) is 0.965. The Hall–Kier alpha value is -1.59. The van der Waals surface area contributed by atoms with Crippen LogP contribution in [0.15, 0.2) is 23.2 Å². The van der Waals surface area contributed by atoms with Crippen LogP contribution in [0.3, 0.4) is 0 Å². The van der Waals surface area contributed by atoms with Crippen molar-refractivity contribution in [3.8, 4) is 0 Å². The summed E-state index contributed by atoms with van der Waals surface area (Å²) in [6.07, 6.45) is 2.05. The highest BCUT2D eigenvalue weighted by molar-refractivity contribution is 14.0. The number of hydrogen-bond donors (Lipinski definition) is 3. The number of likely N-dealkylation sites (tertiary alicyclic amines) is 1. The normalized spacial score (nSPS) is 18.5. The van der Waals surface area contributed by atoms with Crippen LogP contribution in [0.2, 0.25) is 0 Å². The first-order valence-corrected chi connectivity index (χ1v) is 11.9. The predicted molar refractivity (Wildman–Crippen MR) is 148 cm³/mol. The Kier molecular flexibility index (Phi) is 11.7. The zero-order chi connectivity index (χ0) is 22.9. The number of piperidine rings is 1.